The van der Waals surface area contributed by atoms with Crippen LogP contribution in [0.5, 0.6) is 5.75 Å². The van der Waals surface area contributed by atoms with Crippen LogP contribution in [-0.4, -0.2) is 50.8 Å². The van der Waals surface area contributed by atoms with E-state index in [-0.39, 0.29) is 35.7 Å². The lowest BCUT2D eigenvalue weighted by Gasteiger charge is -2.33. The van der Waals surface area contributed by atoms with E-state index < -0.39 is 10.0 Å². The van der Waals surface area contributed by atoms with Gasteiger partial charge in [0, 0.05) is 24.7 Å². The van der Waals surface area contributed by atoms with Gasteiger partial charge in [-0.3, -0.25) is 9.59 Å². The van der Waals surface area contributed by atoms with Gasteiger partial charge in [-0.15, -0.1) is 0 Å². The smallest absolute Gasteiger partial charge is 0.244 e. The number of nitrogens with one attached hydrogen (secondary N) is 1. The number of piperidine rings is 1. The molecule has 2 aromatic rings. The minimum atomic E-state index is -3.61. The summed E-state index contributed by atoms with van der Waals surface area (Å²) in [6.07, 6.45) is 3.41. The van der Waals surface area contributed by atoms with Crippen molar-refractivity contribution in [1.82, 2.24) is 4.31 Å². The molecule has 9 heteroatoms. The highest BCUT2D eigenvalue weighted by molar-refractivity contribution is 7.89. The molecule has 34 heavy (non-hydrogen) atoms. The zero-order chi connectivity index (χ0) is 24.5. The first kappa shape index (κ1) is 24.2. The summed E-state index contributed by atoms with van der Waals surface area (Å²) in [5.74, 6) is 0.00849. The molecule has 2 aliphatic heterocycles. The van der Waals surface area contributed by atoms with Crippen molar-refractivity contribution < 1.29 is 22.7 Å². The molecule has 2 aliphatic rings. The van der Waals surface area contributed by atoms with Gasteiger partial charge in [0.15, 0.2) is 0 Å². The van der Waals surface area contributed by atoms with E-state index in [1.807, 2.05) is 19.9 Å². The molecule has 1 fully saturated rings. The van der Waals surface area contributed by atoms with Crippen LogP contribution in [0.1, 0.15) is 43.7 Å². The summed E-state index contributed by atoms with van der Waals surface area (Å²) < 4.78 is 33.4. The van der Waals surface area contributed by atoms with Gasteiger partial charge >= 0.3 is 0 Å². The Morgan fingerprint density at radius 2 is 1.94 bits per heavy atom. The second-order valence-electron chi connectivity index (χ2n) is 8.98. The molecule has 1 atom stereocenters. The maximum atomic E-state index is 13.3. The van der Waals surface area contributed by atoms with Crippen LogP contribution in [-0.2, 0) is 26.0 Å². The maximum absolute atomic E-state index is 13.3. The molecule has 2 aromatic carbocycles. The van der Waals surface area contributed by atoms with Gasteiger partial charge < -0.3 is 15.0 Å². The largest absolute Gasteiger partial charge is 0.495 e. The van der Waals surface area contributed by atoms with Crippen LogP contribution in [0.2, 0.25) is 0 Å². The van der Waals surface area contributed by atoms with Gasteiger partial charge in [-0.05, 0) is 74.6 Å². The highest BCUT2D eigenvalue weighted by atomic mass is 32.2. The number of hydrogen-bond donors (Lipinski definition) is 1. The number of carbonyl (C=O) groups is 2. The highest BCUT2D eigenvalue weighted by Crippen LogP contribution is 2.33. The first-order valence-corrected chi connectivity index (χ1v) is 13.0. The summed E-state index contributed by atoms with van der Waals surface area (Å²) in [6, 6.07) is 10.3. The van der Waals surface area contributed by atoms with Crippen LogP contribution in [0.4, 0.5) is 11.4 Å². The predicted octanol–water partition coefficient (Wildman–Crippen LogP) is 3.48. The minimum Gasteiger partial charge on any atom is -0.495 e. The number of rotatable bonds is 6. The molecular formula is C25H31N3O5S. The maximum Gasteiger partial charge on any atom is 0.244 e. The van der Waals surface area contributed by atoms with Gasteiger partial charge in [0.25, 0.3) is 0 Å². The van der Waals surface area contributed by atoms with Crippen molar-refractivity contribution in [3.8, 4) is 5.75 Å². The lowest BCUT2D eigenvalue weighted by molar-refractivity contribution is -0.121. The topological polar surface area (TPSA) is 96.0 Å². The van der Waals surface area contributed by atoms with Crippen LogP contribution in [0, 0.1) is 6.92 Å². The van der Waals surface area contributed by atoms with Crippen LogP contribution < -0.4 is 15.0 Å². The van der Waals surface area contributed by atoms with Crippen molar-refractivity contribution in [2.24, 2.45) is 0 Å². The van der Waals surface area contributed by atoms with Crippen LogP contribution >= 0.6 is 0 Å². The standard InChI is InChI=1S/C25H31N3O5S/c1-17-7-11-23(33-3)21(14-17)26-24(29)16-27-22-10-9-20(15-19(22)8-12-25(27)30)34(31,32)28-13-5-4-6-18(28)2/h7,9-11,14-15,18H,4-6,8,12-13,16H2,1-3H3,(H,26,29)/t18-/m0/s1. The van der Waals surface area contributed by atoms with Crippen molar-refractivity contribution in [2.75, 3.05) is 30.4 Å². The molecule has 2 heterocycles. The Hall–Kier alpha value is -2.91. The second-order valence-corrected chi connectivity index (χ2v) is 10.9. The van der Waals surface area contributed by atoms with E-state index in [4.69, 9.17) is 4.74 Å². The summed E-state index contributed by atoms with van der Waals surface area (Å²) in [5.41, 5.74) is 2.83. The fraction of sp³-hybridized carbons (Fsp3) is 0.440. The van der Waals surface area contributed by atoms with E-state index in [1.54, 1.807) is 34.6 Å². The van der Waals surface area contributed by atoms with Gasteiger partial charge in [-0.25, -0.2) is 8.42 Å². The molecule has 1 N–H and O–H groups in total. The molecular weight excluding hydrogens is 454 g/mol. The average molecular weight is 486 g/mol. The number of aryl methyl sites for hydroxylation is 2. The fourth-order valence-electron chi connectivity index (χ4n) is 4.69. The molecule has 0 saturated carbocycles. The van der Waals surface area contributed by atoms with Gasteiger partial charge in [0.1, 0.15) is 12.3 Å². The Morgan fingerprint density at radius 1 is 1.15 bits per heavy atom. The zero-order valence-corrected chi connectivity index (χ0v) is 20.7. The van der Waals surface area contributed by atoms with Gasteiger partial charge in [0.2, 0.25) is 21.8 Å². The monoisotopic (exact) mass is 485 g/mol. The number of anilines is 2. The van der Waals surface area contributed by atoms with Gasteiger partial charge in [-0.2, -0.15) is 4.31 Å². The molecule has 0 aromatic heterocycles. The van der Waals surface area contributed by atoms with E-state index >= 15 is 0 Å². The predicted molar refractivity (Wildman–Crippen MR) is 131 cm³/mol. The average Bonchev–Trinajstić information content (AvgIpc) is 2.81. The Balaban J connectivity index is 1.56. The normalized spacial score (nSPS) is 19.0. The third-order valence-corrected chi connectivity index (χ3v) is 8.54. The molecule has 4 rings (SSSR count). The molecule has 182 valence electrons. The lowest BCUT2D eigenvalue weighted by Crippen LogP contribution is -2.42. The molecule has 8 nitrogen and oxygen atoms in total. The fourth-order valence-corrected chi connectivity index (χ4v) is 6.44. The molecule has 0 aliphatic carbocycles. The SMILES string of the molecule is COc1ccc(C)cc1NC(=O)CN1C(=O)CCc2cc(S(=O)(=O)N3CCCC[C@@H]3C)ccc21. The molecule has 0 radical (unpaired) electrons. The van der Waals surface area contributed by atoms with Crippen molar-refractivity contribution in [3.63, 3.8) is 0 Å². The molecule has 0 bridgehead atoms. The summed E-state index contributed by atoms with van der Waals surface area (Å²) in [5, 5.41) is 2.82. The third kappa shape index (κ3) is 4.81. The Labute approximate surface area is 200 Å². The van der Waals surface area contributed by atoms with Crippen molar-refractivity contribution in [3.05, 3.63) is 47.5 Å². The summed E-state index contributed by atoms with van der Waals surface area (Å²) in [6.45, 7) is 4.21. The lowest BCUT2D eigenvalue weighted by atomic mass is 10.0. The molecule has 1 saturated heterocycles. The highest BCUT2D eigenvalue weighted by Gasteiger charge is 2.33. The Kier molecular flexibility index (Phi) is 6.95. The number of methoxy groups -OCH3 is 1. The molecule has 0 unspecified atom stereocenters. The van der Waals surface area contributed by atoms with E-state index in [0.717, 1.165) is 30.4 Å². The number of amides is 2. The Bertz CT molecular complexity index is 1210. The summed E-state index contributed by atoms with van der Waals surface area (Å²) in [7, 11) is -2.09. The molecule has 0 spiro atoms. The van der Waals surface area contributed by atoms with E-state index in [1.165, 1.54) is 12.0 Å². The van der Waals surface area contributed by atoms with Crippen LogP contribution in [0.3, 0.4) is 0 Å². The van der Waals surface area contributed by atoms with Gasteiger partial charge in [-0.1, -0.05) is 12.5 Å². The summed E-state index contributed by atoms with van der Waals surface area (Å²) >= 11 is 0. The molecule has 2 amide bonds. The second kappa shape index (κ2) is 9.76. The van der Waals surface area contributed by atoms with Crippen LogP contribution in [0.15, 0.2) is 41.3 Å². The van der Waals surface area contributed by atoms with Crippen molar-refractivity contribution in [1.29, 1.82) is 0 Å². The third-order valence-electron chi connectivity index (χ3n) is 6.53. The first-order chi connectivity index (χ1) is 16.2. The van der Waals surface area contributed by atoms with Gasteiger partial charge in [0.05, 0.1) is 17.7 Å². The Morgan fingerprint density at radius 3 is 2.68 bits per heavy atom. The minimum absolute atomic E-state index is 0.0323. The quantitative estimate of drug-likeness (QED) is 0.676. The van der Waals surface area contributed by atoms with E-state index in [0.29, 0.717) is 30.1 Å². The van der Waals surface area contributed by atoms with Crippen molar-refractivity contribution in [2.45, 2.75) is 56.9 Å². The number of carbonyl (C=O) groups excluding carboxylic acids is 2. The number of ether oxygens (including phenoxy) is 1. The van der Waals surface area contributed by atoms with Crippen molar-refractivity contribution >= 4 is 33.2 Å². The zero-order valence-electron chi connectivity index (χ0n) is 19.8. The van der Waals surface area contributed by atoms with E-state index in [9.17, 15) is 18.0 Å². The number of hydrogen-bond acceptors (Lipinski definition) is 5. The number of benzene rings is 2. The number of fused-ring (bicyclic) bond motifs is 1. The number of nitrogens with zero attached hydrogens (tertiary/aromatic N) is 2. The van der Waals surface area contributed by atoms with E-state index in [2.05, 4.69) is 5.32 Å². The first-order valence-electron chi connectivity index (χ1n) is 11.6. The van der Waals surface area contributed by atoms with Crippen LogP contribution in [0.25, 0.3) is 0 Å². The summed E-state index contributed by atoms with van der Waals surface area (Å²) in [4.78, 5) is 27.2. The number of sulfonamides is 1.